The average Bonchev–Trinajstić information content (AvgIpc) is 3.24. The summed E-state index contributed by atoms with van der Waals surface area (Å²) in [7, 11) is 0. The molecule has 5 nitrogen and oxygen atoms in total. The van der Waals surface area contributed by atoms with Crippen LogP contribution in [0.25, 0.3) is 11.1 Å². The SMILES string of the molecule is Cc1ccc(C2CC(c3ccccc3-c3ccc(Cl)cc3)=NN2C(=O)CCC(=O)O)cc1. The molecule has 1 N–H and O–H groups in total. The number of rotatable bonds is 6. The molecule has 3 aromatic rings. The Bertz CT molecular complexity index is 1170. The number of nitrogens with zero attached hydrogens (tertiary/aromatic N) is 2. The molecule has 0 aliphatic carbocycles. The van der Waals surface area contributed by atoms with E-state index in [0.717, 1.165) is 33.5 Å². The number of carboxylic acid groups (broad SMARTS) is 1. The summed E-state index contributed by atoms with van der Waals surface area (Å²) in [6.07, 6.45) is 0.238. The van der Waals surface area contributed by atoms with Gasteiger partial charge in [0.1, 0.15) is 0 Å². The number of hydrogen-bond donors (Lipinski definition) is 1. The summed E-state index contributed by atoms with van der Waals surface area (Å²) in [5.74, 6) is -1.29. The number of aryl methyl sites for hydroxylation is 1. The highest BCUT2D eigenvalue weighted by Gasteiger charge is 2.33. The highest BCUT2D eigenvalue weighted by molar-refractivity contribution is 6.30. The summed E-state index contributed by atoms with van der Waals surface area (Å²) in [5.41, 5.74) is 5.86. The van der Waals surface area contributed by atoms with Crippen LogP contribution in [0.3, 0.4) is 0 Å². The highest BCUT2D eigenvalue weighted by Crippen LogP contribution is 2.36. The number of halogens is 1. The Kier molecular flexibility index (Phi) is 6.37. The summed E-state index contributed by atoms with van der Waals surface area (Å²) < 4.78 is 0. The zero-order valence-corrected chi connectivity index (χ0v) is 18.4. The maximum Gasteiger partial charge on any atom is 0.303 e. The number of aliphatic carboxylic acids is 1. The monoisotopic (exact) mass is 446 g/mol. The topological polar surface area (TPSA) is 70.0 Å². The second-order valence-electron chi connectivity index (χ2n) is 7.86. The van der Waals surface area contributed by atoms with Gasteiger partial charge in [-0.3, -0.25) is 9.59 Å². The van der Waals surface area contributed by atoms with Crippen molar-refractivity contribution in [3.05, 3.63) is 94.5 Å². The predicted octanol–water partition coefficient (Wildman–Crippen LogP) is 5.86. The van der Waals surface area contributed by atoms with Crippen molar-refractivity contribution in [2.24, 2.45) is 5.10 Å². The number of benzene rings is 3. The lowest BCUT2D eigenvalue weighted by Crippen LogP contribution is -2.27. The van der Waals surface area contributed by atoms with Gasteiger partial charge in [0.15, 0.2) is 0 Å². The first-order chi connectivity index (χ1) is 15.4. The number of hydrazone groups is 1. The van der Waals surface area contributed by atoms with Crippen molar-refractivity contribution in [3.8, 4) is 11.1 Å². The van der Waals surface area contributed by atoms with Gasteiger partial charge >= 0.3 is 5.97 Å². The minimum Gasteiger partial charge on any atom is -0.481 e. The minimum absolute atomic E-state index is 0.0900. The van der Waals surface area contributed by atoms with Crippen molar-refractivity contribution < 1.29 is 14.7 Å². The molecular formula is C26H23ClN2O3. The van der Waals surface area contributed by atoms with Gasteiger partial charge in [-0.25, -0.2) is 5.01 Å². The third kappa shape index (κ3) is 4.73. The lowest BCUT2D eigenvalue weighted by atomic mass is 9.92. The number of hydrogen-bond acceptors (Lipinski definition) is 3. The molecule has 32 heavy (non-hydrogen) atoms. The zero-order chi connectivity index (χ0) is 22.7. The number of carboxylic acids is 1. The fourth-order valence-electron chi connectivity index (χ4n) is 3.90. The molecule has 1 amide bonds. The van der Waals surface area contributed by atoms with E-state index in [-0.39, 0.29) is 24.8 Å². The predicted molar refractivity (Wildman–Crippen MR) is 126 cm³/mol. The van der Waals surface area contributed by atoms with Crippen molar-refractivity contribution in [1.29, 1.82) is 0 Å². The lowest BCUT2D eigenvalue weighted by molar-refractivity contribution is -0.141. The first-order valence-corrected chi connectivity index (χ1v) is 10.8. The van der Waals surface area contributed by atoms with Crippen LogP contribution >= 0.6 is 11.6 Å². The Balaban J connectivity index is 1.72. The summed E-state index contributed by atoms with van der Waals surface area (Å²) in [5, 5.41) is 15.8. The van der Waals surface area contributed by atoms with E-state index in [4.69, 9.17) is 21.8 Å². The van der Waals surface area contributed by atoms with Crippen molar-refractivity contribution in [3.63, 3.8) is 0 Å². The first-order valence-electron chi connectivity index (χ1n) is 10.5. The van der Waals surface area contributed by atoms with Crippen LogP contribution in [0, 0.1) is 6.92 Å². The molecule has 3 aromatic carbocycles. The van der Waals surface area contributed by atoms with E-state index in [2.05, 4.69) is 0 Å². The molecule has 0 radical (unpaired) electrons. The molecule has 0 aromatic heterocycles. The molecule has 1 atom stereocenters. The Morgan fingerprint density at radius 1 is 0.969 bits per heavy atom. The van der Waals surface area contributed by atoms with Crippen LogP contribution in [-0.4, -0.2) is 27.7 Å². The molecular weight excluding hydrogens is 424 g/mol. The van der Waals surface area contributed by atoms with E-state index in [1.165, 1.54) is 5.01 Å². The number of amides is 1. The fourth-order valence-corrected chi connectivity index (χ4v) is 4.02. The molecule has 0 bridgehead atoms. The van der Waals surface area contributed by atoms with Crippen LogP contribution in [0.5, 0.6) is 0 Å². The highest BCUT2D eigenvalue weighted by atomic mass is 35.5. The van der Waals surface area contributed by atoms with E-state index in [1.54, 1.807) is 0 Å². The quantitative estimate of drug-likeness (QED) is 0.515. The summed E-state index contributed by atoms with van der Waals surface area (Å²) >= 11 is 6.06. The van der Waals surface area contributed by atoms with Gasteiger partial charge in [-0.1, -0.05) is 77.8 Å². The molecule has 1 aliphatic heterocycles. The third-order valence-corrected chi connectivity index (χ3v) is 5.83. The van der Waals surface area contributed by atoms with Gasteiger partial charge in [0, 0.05) is 23.4 Å². The Morgan fingerprint density at radius 2 is 1.62 bits per heavy atom. The van der Waals surface area contributed by atoms with Crippen LogP contribution in [0.4, 0.5) is 0 Å². The number of carbonyl (C=O) groups is 2. The second kappa shape index (κ2) is 9.37. The Labute approximate surface area is 192 Å². The molecule has 162 valence electrons. The van der Waals surface area contributed by atoms with E-state index < -0.39 is 5.97 Å². The van der Waals surface area contributed by atoms with Crippen molar-refractivity contribution >= 4 is 29.2 Å². The van der Waals surface area contributed by atoms with Crippen molar-refractivity contribution in [1.82, 2.24) is 5.01 Å². The van der Waals surface area contributed by atoms with Gasteiger partial charge in [-0.15, -0.1) is 0 Å². The van der Waals surface area contributed by atoms with Crippen LogP contribution in [0.2, 0.25) is 5.02 Å². The molecule has 1 unspecified atom stereocenters. The minimum atomic E-state index is -0.998. The van der Waals surface area contributed by atoms with Gasteiger partial charge in [0.05, 0.1) is 18.2 Å². The number of carbonyl (C=O) groups excluding carboxylic acids is 1. The molecule has 0 fully saturated rings. The van der Waals surface area contributed by atoms with Crippen LogP contribution in [0.1, 0.15) is 42.0 Å². The van der Waals surface area contributed by atoms with E-state index >= 15 is 0 Å². The largest absolute Gasteiger partial charge is 0.481 e. The Hall–Kier alpha value is -3.44. The lowest BCUT2D eigenvalue weighted by Gasteiger charge is -2.22. The van der Waals surface area contributed by atoms with Gasteiger partial charge in [0.2, 0.25) is 5.91 Å². The maximum absolute atomic E-state index is 12.9. The summed E-state index contributed by atoms with van der Waals surface area (Å²) in [6, 6.07) is 23.3. The zero-order valence-electron chi connectivity index (χ0n) is 17.7. The summed E-state index contributed by atoms with van der Waals surface area (Å²) in [6.45, 7) is 2.01. The standard InChI is InChI=1S/C26H23ClN2O3/c1-17-6-8-19(9-7-17)24-16-23(28-29(24)25(30)14-15-26(31)32)22-5-3-2-4-21(22)18-10-12-20(27)13-11-18/h2-13,24H,14-16H2,1H3,(H,31,32). The normalized spacial score (nSPS) is 15.5. The fraction of sp³-hybridized carbons (Fsp3) is 0.192. The van der Waals surface area contributed by atoms with Gasteiger partial charge in [-0.2, -0.15) is 5.10 Å². The van der Waals surface area contributed by atoms with Crippen LogP contribution in [-0.2, 0) is 9.59 Å². The average molecular weight is 447 g/mol. The third-order valence-electron chi connectivity index (χ3n) is 5.57. The second-order valence-corrected chi connectivity index (χ2v) is 8.30. The smallest absolute Gasteiger partial charge is 0.303 e. The van der Waals surface area contributed by atoms with E-state index in [0.29, 0.717) is 11.4 Å². The van der Waals surface area contributed by atoms with Crippen LogP contribution in [0.15, 0.2) is 77.9 Å². The van der Waals surface area contributed by atoms with Crippen LogP contribution < -0.4 is 0 Å². The first kappa shape index (κ1) is 21.8. The van der Waals surface area contributed by atoms with E-state index in [9.17, 15) is 9.59 Å². The van der Waals surface area contributed by atoms with Gasteiger partial charge in [0.25, 0.3) is 0 Å². The molecule has 4 rings (SSSR count). The van der Waals surface area contributed by atoms with Gasteiger partial charge < -0.3 is 5.11 Å². The Morgan fingerprint density at radius 3 is 2.28 bits per heavy atom. The molecule has 1 aliphatic rings. The molecule has 1 heterocycles. The molecule has 6 heteroatoms. The van der Waals surface area contributed by atoms with Gasteiger partial charge in [-0.05, 0) is 35.7 Å². The van der Waals surface area contributed by atoms with Crippen molar-refractivity contribution in [2.75, 3.05) is 0 Å². The van der Waals surface area contributed by atoms with Crippen molar-refractivity contribution in [2.45, 2.75) is 32.2 Å². The molecule has 0 spiro atoms. The maximum atomic E-state index is 12.9. The molecule has 0 saturated carbocycles. The van der Waals surface area contributed by atoms with E-state index in [1.807, 2.05) is 79.7 Å². The molecule has 0 saturated heterocycles. The summed E-state index contributed by atoms with van der Waals surface area (Å²) in [4.78, 5) is 23.9.